The van der Waals surface area contributed by atoms with Gasteiger partial charge in [-0.1, -0.05) is 24.3 Å². The van der Waals surface area contributed by atoms with Crippen LogP contribution in [0, 0.1) is 13.8 Å². The molecule has 1 aromatic carbocycles. The van der Waals surface area contributed by atoms with Crippen molar-refractivity contribution < 1.29 is 22.7 Å². The van der Waals surface area contributed by atoms with Gasteiger partial charge in [0.1, 0.15) is 22.0 Å². The van der Waals surface area contributed by atoms with E-state index in [2.05, 4.69) is 0 Å². The van der Waals surface area contributed by atoms with Crippen LogP contribution in [-0.2, 0) is 22.9 Å². The molecule has 1 aliphatic rings. The number of nitrogens with zero attached hydrogens (tertiary/aromatic N) is 1. The normalized spacial score (nSPS) is 15.8. The first-order valence-corrected chi connectivity index (χ1v) is 9.16. The summed E-state index contributed by atoms with van der Waals surface area (Å²) < 4.78 is 32.8. The lowest BCUT2D eigenvalue weighted by Crippen LogP contribution is -2.34. The lowest BCUT2D eigenvalue weighted by Gasteiger charge is -2.20. The summed E-state index contributed by atoms with van der Waals surface area (Å²) in [6.45, 7) is 3.59. The minimum absolute atomic E-state index is 0.108. The van der Waals surface area contributed by atoms with E-state index in [4.69, 9.17) is 4.42 Å². The number of benzene rings is 1. The van der Waals surface area contributed by atoms with Crippen molar-refractivity contribution >= 4 is 16.0 Å². The fourth-order valence-corrected chi connectivity index (χ4v) is 5.05. The van der Waals surface area contributed by atoms with Crippen molar-refractivity contribution in [3.63, 3.8) is 0 Å². The van der Waals surface area contributed by atoms with Gasteiger partial charge in [-0.25, -0.2) is 13.2 Å². The Bertz CT molecular complexity index is 871. The fraction of sp³-hybridized carbons (Fsp3) is 0.353. The van der Waals surface area contributed by atoms with Crippen LogP contribution in [0.3, 0.4) is 0 Å². The molecule has 0 amide bonds. The summed E-state index contributed by atoms with van der Waals surface area (Å²) in [6.07, 6.45) is 1.21. The van der Waals surface area contributed by atoms with Gasteiger partial charge in [0.2, 0.25) is 10.0 Å². The second-order valence-electron chi connectivity index (χ2n) is 5.90. The predicted molar refractivity (Wildman–Crippen MR) is 87.8 cm³/mol. The van der Waals surface area contributed by atoms with Crippen LogP contribution >= 0.6 is 0 Å². The van der Waals surface area contributed by atoms with Gasteiger partial charge in [0.05, 0.1) is 0 Å². The molecule has 1 aliphatic heterocycles. The van der Waals surface area contributed by atoms with Gasteiger partial charge in [-0.3, -0.25) is 0 Å². The third-order valence-electron chi connectivity index (χ3n) is 4.40. The Morgan fingerprint density at radius 3 is 2.12 bits per heavy atom. The molecule has 2 heterocycles. The highest BCUT2D eigenvalue weighted by atomic mass is 32.2. The Morgan fingerprint density at radius 2 is 1.62 bits per heavy atom. The molecule has 0 atom stereocenters. The quantitative estimate of drug-likeness (QED) is 0.919. The molecule has 0 aliphatic carbocycles. The van der Waals surface area contributed by atoms with Crippen molar-refractivity contribution in [3.05, 3.63) is 52.5 Å². The number of sulfonamides is 1. The van der Waals surface area contributed by atoms with Gasteiger partial charge in [0.25, 0.3) is 0 Å². The third-order valence-corrected chi connectivity index (χ3v) is 6.45. The van der Waals surface area contributed by atoms with E-state index in [1.807, 2.05) is 24.3 Å². The van der Waals surface area contributed by atoms with Gasteiger partial charge in [0, 0.05) is 13.1 Å². The van der Waals surface area contributed by atoms with Crippen LogP contribution in [-0.4, -0.2) is 36.9 Å². The fourth-order valence-electron chi connectivity index (χ4n) is 3.24. The molecular formula is C17H19NO5S. The number of aromatic carboxylic acids is 1. The molecule has 1 N–H and O–H groups in total. The van der Waals surface area contributed by atoms with Gasteiger partial charge < -0.3 is 9.52 Å². The number of carbonyl (C=O) groups is 1. The third kappa shape index (κ3) is 2.74. The Kier molecular flexibility index (Phi) is 4.23. The standard InChI is InChI=1S/C17H19NO5S/c1-11-15(17(19)20)16(12(2)23-11)24(21,22)18-9-7-13-5-3-4-6-14(13)8-10-18/h3-6H,7-10H2,1-2H3,(H,19,20). The molecule has 0 saturated heterocycles. The van der Waals surface area contributed by atoms with Crippen molar-refractivity contribution in [1.29, 1.82) is 0 Å². The minimum Gasteiger partial charge on any atom is -0.478 e. The van der Waals surface area contributed by atoms with E-state index in [0.29, 0.717) is 25.9 Å². The second-order valence-corrected chi connectivity index (χ2v) is 7.77. The maximum atomic E-state index is 13.1. The van der Waals surface area contributed by atoms with Crippen LogP contribution in [0.15, 0.2) is 33.6 Å². The van der Waals surface area contributed by atoms with Gasteiger partial charge in [-0.05, 0) is 37.8 Å². The molecule has 6 nitrogen and oxygen atoms in total. The summed E-state index contributed by atoms with van der Waals surface area (Å²) >= 11 is 0. The molecular weight excluding hydrogens is 330 g/mol. The highest BCUT2D eigenvalue weighted by Gasteiger charge is 2.35. The molecule has 7 heteroatoms. The number of rotatable bonds is 3. The van der Waals surface area contributed by atoms with E-state index in [1.54, 1.807) is 0 Å². The van der Waals surface area contributed by atoms with E-state index >= 15 is 0 Å². The summed E-state index contributed by atoms with van der Waals surface area (Å²) in [5.74, 6) is -1.07. The average molecular weight is 349 g/mol. The van der Waals surface area contributed by atoms with E-state index in [9.17, 15) is 18.3 Å². The zero-order chi connectivity index (χ0) is 17.5. The molecule has 0 saturated carbocycles. The highest BCUT2D eigenvalue weighted by Crippen LogP contribution is 2.30. The van der Waals surface area contributed by atoms with Crippen molar-refractivity contribution in [2.75, 3.05) is 13.1 Å². The number of hydrogen-bond donors (Lipinski definition) is 1. The molecule has 2 aromatic rings. The number of fused-ring (bicyclic) bond motifs is 1. The van der Waals surface area contributed by atoms with Gasteiger partial charge in [-0.15, -0.1) is 0 Å². The minimum atomic E-state index is -3.93. The number of aryl methyl sites for hydroxylation is 2. The number of carboxylic acid groups (broad SMARTS) is 1. The zero-order valence-corrected chi connectivity index (χ0v) is 14.4. The van der Waals surface area contributed by atoms with Crippen LogP contribution in [0.4, 0.5) is 0 Å². The Balaban J connectivity index is 2.00. The van der Waals surface area contributed by atoms with Crippen molar-refractivity contribution in [3.8, 4) is 0 Å². The predicted octanol–water partition coefficient (Wildman–Crippen LogP) is 2.38. The number of carboxylic acids is 1. The molecule has 0 radical (unpaired) electrons. The Labute approximate surface area is 140 Å². The monoisotopic (exact) mass is 349 g/mol. The van der Waals surface area contributed by atoms with Crippen LogP contribution in [0.5, 0.6) is 0 Å². The van der Waals surface area contributed by atoms with Crippen molar-refractivity contribution in [1.82, 2.24) is 4.31 Å². The molecule has 24 heavy (non-hydrogen) atoms. The first-order valence-electron chi connectivity index (χ1n) is 7.72. The first kappa shape index (κ1) is 16.7. The summed E-state index contributed by atoms with van der Waals surface area (Å²) in [5, 5.41) is 9.38. The summed E-state index contributed by atoms with van der Waals surface area (Å²) in [7, 11) is -3.93. The number of furan rings is 1. The highest BCUT2D eigenvalue weighted by molar-refractivity contribution is 7.89. The van der Waals surface area contributed by atoms with Crippen LogP contribution < -0.4 is 0 Å². The lowest BCUT2D eigenvalue weighted by atomic mass is 10.0. The Morgan fingerprint density at radius 1 is 1.08 bits per heavy atom. The van der Waals surface area contributed by atoms with E-state index in [0.717, 1.165) is 11.1 Å². The van der Waals surface area contributed by atoms with Crippen LogP contribution in [0.25, 0.3) is 0 Å². The molecule has 0 bridgehead atoms. The van der Waals surface area contributed by atoms with Gasteiger partial charge in [-0.2, -0.15) is 4.31 Å². The Hall–Kier alpha value is -2.12. The zero-order valence-electron chi connectivity index (χ0n) is 13.6. The molecule has 1 aromatic heterocycles. The maximum absolute atomic E-state index is 13.1. The SMILES string of the molecule is Cc1oc(C)c(S(=O)(=O)N2CCc3ccccc3CC2)c1C(=O)O. The number of hydrogen-bond acceptors (Lipinski definition) is 4. The van der Waals surface area contributed by atoms with E-state index < -0.39 is 16.0 Å². The van der Waals surface area contributed by atoms with Gasteiger partial charge in [0.15, 0.2) is 0 Å². The average Bonchev–Trinajstić information content (AvgIpc) is 2.70. The lowest BCUT2D eigenvalue weighted by molar-refractivity contribution is 0.0691. The summed E-state index contributed by atoms with van der Waals surface area (Å²) in [4.78, 5) is 11.3. The molecule has 0 spiro atoms. The summed E-state index contributed by atoms with van der Waals surface area (Å²) in [6, 6.07) is 7.88. The molecule has 0 unspecified atom stereocenters. The smallest absolute Gasteiger partial charge is 0.340 e. The molecule has 128 valence electrons. The maximum Gasteiger partial charge on any atom is 0.340 e. The topological polar surface area (TPSA) is 87.8 Å². The van der Waals surface area contributed by atoms with Crippen molar-refractivity contribution in [2.24, 2.45) is 0 Å². The first-order chi connectivity index (χ1) is 11.3. The largest absolute Gasteiger partial charge is 0.478 e. The van der Waals surface area contributed by atoms with Crippen molar-refractivity contribution in [2.45, 2.75) is 31.6 Å². The second kappa shape index (κ2) is 6.07. The molecule has 3 rings (SSSR count). The summed E-state index contributed by atoms with van der Waals surface area (Å²) in [5.41, 5.74) is 2.00. The van der Waals surface area contributed by atoms with Gasteiger partial charge >= 0.3 is 5.97 Å². The van der Waals surface area contributed by atoms with Crippen LogP contribution in [0.2, 0.25) is 0 Å². The van der Waals surface area contributed by atoms with E-state index in [1.165, 1.54) is 18.2 Å². The van der Waals surface area contributed by atoms with E-state index in [-0.39, 0.29) is 22.0 Å². The van der Waals surface area contributed by atoms with Crippen LogP contribution in [0.1, 0.15) is 33.0 Å². The molecule has 0 fully saturated rings.